The number of aliphatic imine (C=N–C) groups is 1. The van der Waals surface area contributed by atoms with Gasteiger partial charge in [-0.05, 0) is 19.9 Å². The van der Waals surface area contributed by atoms with Crippen molar-refractivity contribution in [3.8, 4) is 0 Å². The molecule has 0 atom stereocenters. The summed E-state index contributed by atoms with van der Waals surface area (Å²) < 4.78 is 0. The first kappa shape index (κ1) is 12.7. The van der Waals surface area contributed by atoms with Gasteiger partial charge in [0, 0.05) is 28.6 Å². The maximum Gasteiger partial charge on any atom is 0.161 e. The Balaban J connectivity index is 2.51. The van der Waals surface area contributed by atoms with Gasteiger partial charge in [0.15, 0.2) is 5.78 Å². The molecule has 0 saturated carbocycles. The van der Waals surface area contributed by atoms with E-state index in [1.807, 2.05) is 6.07 Å². The summed E-state index contributed by atoms with van der Waals surface area (Å²) in [7, 11) is 0. The van der Waals surface area contributed by atoms with Gasteiger partial charge >= 0.3 is 0 Å². The number of nitrogens with two attached hydrogens (primary N) is 1. The second kappa shape index (κ2) is 6.27. The predicted molar refractivity (Wildman–Crippen MR) is 67.1 cm³/mol. The van der Waals surface area contributed by atoms with Gasteiger partial charge in [-0.3, -0.25) is 14.8 Å². The first-order valence-electron chi connectivity index (χ1n) is 4.95. The average molecular weight is 237 g/mol. The van der Waals surface area contributed by atoms with Crippen molar-refractivity contribution in [2.24, 2.45) is 10.7 Å². The van der Waals surface area contributed by atoms with Crippen LogP contribution < -0.4 is 5.73 Å². The van der Waals surface area contributed by atoms with Gasteiger partial charge in [0.05, 0.1) is 12.4 Å². The van der Waals surface area contributed by atoms with Crippen molar-refractivity contribution >= 4 is 23.4 Å². The van der Waals surface area contributed by atoms with Gasteiger partial charge < -0.3 is 5.73 Å². The van der Waals surface area contributed by atoms with Crippen LogP contribution in [-0.2, 0) is 0 Å². The molecule has 0 radical (unpaired) electrons. The molecule has 0 bridgehead atoms. The average Bonchev–Trinajstić information content (AvgIpc) is 2.24. The number of nitrogens with zero attached hydrogens (tertiary/aromatic N) is 2. The van der Waals surface area contributed by atoms with Crippen molar-refractivity contribution in [1.29, 1.82) is 0 Å². The molecule has 0 aliphatic rings. The molecule has 5 heteroatoms. The number of hydrogen-bond acceptors (Lipinski definition) is 4. The van der Waals surface area contributed by atoms with E-state index in [0.29, 0.717) is 17.9 Å². The highest BCUT2D eigenvalue weighted by Gasteiger charge is 2.01. The maximum absolute atomic E-state index is 11.1. The first-order valence-corrected chi connectivity index (χ1v) is 5.93. The van der Waals surface area contributed by atoms with Gasteiger partial charge in [0.25, 0.3) is 0 Å². The SMILES string of the molecule is CC(=O)c1cncc(SCCN=C(C)N)c1. The van der Waals surface area contributed by atoms with Gasteiger partial charge in [-0.25, -0.2) is 0 Å². The molecule has 4 nitrogen and oxygen atoms in total. The Morgan fingerprint density at radius 3 is 2.88 bits per heavy atom. The van der Waals surface area contributed by atoms with Crippen LogP contribution in [0.15, 0.2) is 28.3 Å². The van der Waals surface area contributed by atoms with E-state index in [1.54, 1.807) is 31.1 Å². The molecule has 86 valence electrons. The van der Waals surface area contributed by atoms with Crippen LogP contribution in [0.1, 0.15) is 24.2 Å². The number of pyridine rings is 1. The molecule has 1 rings (SSSR count). The number of ketones is 1. The minimum Gasteiger partial charge on any atom is -0.388 e. The van der Waals surface area contributed by atoms with Gasteiger partial charge in [-0.15, -0.1) is 11.8 Å². The summed E-state index contributed by atoms with van der Waals surface area (Å²) in [6, 6.07) is 1.85. The molecule has 2 N–H and O–H groups in total. The predicted octanol–water partition coefficient (Wildman–Crippen LogP) is 1.75. The highest BCUT2D eigenvalue weighted by Crippen LogP contribution is 2.17. The fourth-order valence-corrected chi connectivity index (χ4v) is 1.84. The highest BCUT2D eigenvalue weighted by molar-refractivity contribution is 7.99. The van der Waals surface area contributed by atoms with Crippen molar-refractivity contribution in [2.75, 3.05) is 12.3 Å². The third-order valence-corrected chi connectivity index (χ3v) is 2.78. The Kier molecular flexibility index (Phi) is 4.98. The molecule has 0 aliphatic heterocycles. The van der Waals surface area contributed by atoms with Crippen LogP contribution in [0.25, 0.3) is 0 Å². The summed E-state index contributed by atoms with van der Waals surface area (Å²) in [4.78, 5) is 20.2. The minimum absolute atomic E-state index is 0.0331. The van der Waals surface area contributed by atoms with Gasteiger partial charge in [-0.1, -0.05) is 0 Å². The van der Waals surface area contributed by atoms with Crippen LogP contribution in [0.3, 0.4) is 0 Å². The molecule has 0 fully saturated rings. The second-order valence-corrected chi connectivity index (χ2v) is 4.51. The van der Waals surface area contributed by atoms with Crippen LogP contribution in [0.4, 0.5) is 0 Å². The molecular formula is C11H15N3OS. The van der Waals surface area contributed by atoms with Crippen LogP contribution in [0.5, 0.6) is 0 Å². The van der Waals surface area contributed by atoms with E-state index in [1.165, 1.54) is 6.92 Å². The Labute approximate surface area is 99.4 Å². The summed E-state index contributed by atoms with van der Waals surface area (Å²) in [5.74, 6) is 1.46. The lowest BCUT2D eigenvalue weighted by atomic mass is 10.2. The summed E-state index contributed by atoms with van der Waals surface area (Å²) >= 11 is 1.62. The fraction of sp³-hybridized carbons (Fsp3) is 0.364. The number of carbonyl (C=O) groups is 1. The molecule has 0 unspecified atom stereocenters. The van der Waals surface area contributed by atoms with Crippen LogP contribution in [0, 0.1) is 0 Å². The first-order chi connectivity index (χ1) is 7.59. The van der Waals surface area contributed by atoms with Gasteiger partial charge in [0.2, 0.25) is 0 Å². The Bertz CT molecular complexity index is 400. The van der Waals surface area contributed by atoms with E-state index in [4.69, 9.17) is 5.73 Å². The van der Waals surface area contributed by atoms with E-state index >= 15 is 0 Å². The number of rotatable bonds is 5. The van der Waals surface area contributed by atoms with Crippen LogP contribution in [-0.4, -0.2) is 28.9 Å². The van der Waals surface area contributed by atoms with Crippen LogP contribution >= 0.6 is 11.8 Å². The third-order valence-electron chi connectivity index (χ3n) is 1.84. The summed E-state index contributed by atoms with van der Waals surface area (Å²) in [5, 5.41) is 0. The number of hydrogen-bond donors (Lipinski definition) is 1. The largest absolute Gasteiger partial charge is 0.388 e. The van der Waals surface area contributed by atoms with Crippen LogP contribution in [0.2, 0.25) is 0 Å². The molecule has 1 heterocycles. The number of carbonyl (C=O) groups excluding carboxylic acids is 1. The van der Waals surface area contributed by atoms with E-state index in [-0.39, 0.29) is 5.78 Å². The third kappa shape index (κ3) is 4.44. The molecule has 0 spiro atoms. The Hall–Kier alpha value is -1.36. The smallest absolute Gasteiger partial charge is 0.161 e. The number of Topliss-reactive ketones (excluding diaryl/α,β-unsaturated/α-hetero) is 1. The lowest BCUT2D eigenvalue weighted by molar-refractivity contribution is 0.101. The molecule has 1 aromatic rings. The maximum atomic E-state index is 11.1. The molecule has 0 aliphatic carbocycles. The summed E-state index contributed by atoms with van der Waals surface area (Å²) in [5.41, 5.74) is 6.06. The molecule has 0 amide bonds. The van der Waals surface area contributed by atoms with Crippen molar-refractivity contribution in [3.63, 3.8) is 0 Å². The quantitative estimate of drug-likeness (QED) is 0.278. The van der Waals surface area contributed by atoms with E-state index in [0.717, 1.165) is 10.6 Å². The molecule has 16 heavy (non-hydrogen) atoms. The number of thioether (sulfide) groups is 1. The molecule has 0 aromatic carbocycles. The topological polar surface area (TPSA) is 68.3 Å². The zero-order chi connectivity index (χ0) is 12.0. The molecule has 0 saturated heterocycles. The van der Waals surface area contributed by atoms with Gasteiger partial charge in [0.1, 0.15) is 0 Å². The lowest BCUT2D eigenvalue weighted by Crippen LogP contribution is -2.06. The van der Waals surface area contributed by atoms with Crippen molar-refractivity contribution in [1.82, 2.24) is 4.98 Å². The lowest BCUT2D eigenvalue weighted by Gasteiger charge is -2.01. The summed E-state index contributed by atoms with van der Waals surface area (Å²) in [6.07, 6.45) is 3.32. The van der Waals surface area contributed by atoms with E-state index < -0.39 is 0 Å². The Morgan fingerprint density at radius 1 is 1.50 bits per heavy atom. The normalized spacial score (nSPS) is 11.5. The fourth-order valence-electron chi connectivity index (χ4n) is 1.08. The zero-order valence-electron chi connectivity index (χ0n) is 9.43. The minimum atomic E-state index is 0.0331. The van der Waals surface area contributed by atoms with Crippen molar-refractivity contribution in [2.45, 2.75) is 18.7 Å². The molecular weight excluding hydrogens is 222 g/mol. The number of amidine groups is 1. The van der Waals surface area contributed by atoms with Gasteiger partial charge in [-0.2, -0.15) is 0 Å². The summed E-state index contributed by atoms with van der Waals surface area (Å²) in [6.45, 7) is 3.98. The van der Waals surface area contributed by atoms with E-state index in [2.05, 4.69) is 9.98 Å². The zero-order valence-corrected chi connectivity index (χ0v) is 10.3. The van der Waals surface area contributed by atoms with Crippen molar-refractivity contribution < 1.29 is 4.79 Å². The highest BCUT2D eigenvalue weighted by atomic mass is 32.2. The second-order valence-electron chi connectivity index (χ2n) is 3.34. The Morgan fingerprint density at radius 2 is 2.25 bits per heavy atom. The monoisotopic (exact) mass is 237 g/mol. The van der Waals surface area contributed by atoms with Crippen molar-refractivity contribution in [3.05, 3.63) is 24.0 Å². The standard InChI is InChI=1S/C11H15N3OS/c1-8(15)10-5-11(7-13-6-10)16-4-3-14-9(2)12/h5-7H,3-4H2,1-2H3,(H2,12,14). The van der Waals surface area contributed by atoms with E-state index in [9.17, 15) is 4.79 Å². The molecule has 1 aromatic heterocycles. The number of aromatic nitrogens is 1.